The molecule has 1 nitrogen and oxygen atoms in total. The molecule has 0 saturated heterocycles. The third kappa shape index (κ3) is 1.42. The Labute approximate surface area is 75.2 Å². The number of rotatable bonds is 4. The number of unbranched alkanes of at least 4 members (excludes halogenated alkanes) is 1. The predicted octanol–water partition coefficient (Wildman–Crippen LogP) is 2.34. The van der Waals surface area contributed by atoms with Gasteiger partial charge in [0.25, 0.3) is 0 Å². The van der Waals surface area contributed by atoms with Gasteiger partial charge in [0.05, 0.1) is 0 Å². The van der Waals surface area contributed by atoms with Crippen LogP contribution in [0.5, 0.6) is 0 Å². The van der Waals surface area contributed by atoms with Gasteiger partial charge in [-0.05, 0) is 37.6 Å². The molecule has 2 aliphatic carbocycles. The smallest absolute Gasteiger partial charge is 0.0136 e. The second kappa shape index (κ2) is 3.61. The average molecular weight is 165 g/mol. The summed E-state index contributed by atoms with van der Waals surface area (Å²) >= 11 is 0. The van der Waals surface area contributed by atoms with Gasteiger partial charge in [-0.1, -0.05) is 25.5 Å². The third-order valence-corrected chi connectivity index (χ3v) is 3.30. The zero-order valence-electron chi connectivity index (χ0n) is 7.92. The van der Waals surface area contributed by atoms with E-state index in [1.165, 1.54) is 32.2 Å². The van der Waals surface area contributed by atoms with Crippen molar-refractivity contribution in [3.63, 3.8) is 0 Å². The molecule has 1 saturated carbocycles. The first-order chi connectivity index (χ1) is 5.92. The van der Waals surface area contributed by atoms with Crippen LogP contribution in [0.3, 0.4) is 0 Å². The van der Waals surface area contributed by atoms with Crippen molar-refractivity contribution < 1.29 is 0 Å². The van der Waals surface area contributed by atoms with Crippen LogP contribution in [0.25, 0.3) is 0 Å². The summed E-state index contributed by atoms with van der Waals surface area (Å²) in [6, 6.07) is 0.820. The number of hydrogen-bond acceptors (Lipinski definition) is 1. The van der Waals surface area contributed by atoms with Gasteiger partial charge in [0.15, 0.2) is 0 Å². The number of hydrogen-bond donors (Lipinski definition) is 1. The van der Waals surface area contributed by atoms with Crippen molar-refractivity contribution in [2.75, 3.05) is 6.54 Å². The third-order valence-electron chi connectivity index (χ3n) is 3.30. The van der Waals surface area contributed by atoms with Crippen LogP contribution >= 0.6 is 0 Å². The molecule has 1 N–H and O–H groups in total. The Hall–Kier alpha value is -0.300. The van der Waals surface area contributed by atoms with Gasteiger partial charge in [0.1, 0.15) is 0 Å². The fourth-order valence-corrected chi connectivity index (χ4v) is 2.41. The van der Waals surface area contributed by atoms with Crippen LogP contribution in [0.15, 0.2) is 12.2 Å². The first-order valence-electron chi connectivity index (χ1n) is 5.32. The molecule has 2 rings (SSSR count). The van der Waals surface area contributed by atoms with Crippen LogP contribution in [0.2, 0.25) is 0 Å². The van der Waals surface area contributed by atoms with Gasteiger partial charge in [-0.25, -0.2) is 0 Å². The number of fused-ring (bicyclic) bond motifs is 1. The standard InChI is InChI=1S/C11H19N/c1-2-3-7-12-11-8-9-5-4-6-10(9)11/h4,6,9-12H,2-3,5,7-8H2,1H3. The van der Waals surface area contributed by atoms with Crippen LogP contribution < -0.4 is 5.32 Å². The summed E-state index contributed by atoms with van der Waals surface area (Å²) in [6.45, 7) is 3.47. The normalized spacial score (nSPS) is 37.9. The van der Waals surface area contributed by atoms with E-state index in [0.717, 1.165) is 17.9 Å². The highest BCUT2D eigenvalue weighted by atomic mass is 14.9. The van der Waals surface area contributed by atoms with E-state index in [4.69, 9.17) is 0 Å². The zero-order chi connectivity index (χ0) is 8.39. The van der Waals surface area contributed by atoms with Gasteiger partial charge in [-0.2, -0.15) is 0 Å². The summed E-state index contributed by atoms with van der Waals surface area (Å²) in [5.74, 6) is 1.89. The lowest BCUT2D eigenvalue weighted by Crippen LogP contribution is -2.48. The minimum absolute atomic E-state index is 0.820. The van der Waals surface area contributed by atoms with Crippen molar-refractivity contribution >= 4 is 0 Å². The van der Waals surface area contributed by atoms with Crippen LogP contribution in [0.1, 0.15) is 32.6 Å². The maximum atomic E-state index is 3.64. The quantitative estimate of drug-likeness (QED) is 0.498. The lowest BCUT2D eigenvalue weighted by Gasteiger charge is -2.40. The van der Waals surface area contributed by atoms with E-state index in [1.807, 2.05) is 0 Å². The molecule has 0 spiro atoms. The summed E-state index contributed by atoms with van der Waals surface area (Å²) in [6.07, 6.45) is 10.2. The van der Waals surface area contributed by atoms with Crippen molar-refractivity contribution in [1.29, 1.82) is 0 Å². The number of nitrogens with one attached hydrogen (secondary N) is 1. The van der Waals surface area contributed by atoms with Gasteiger partial charge in [0.2, 0.25) is 0 Å². The molecule has 0 aliphatic heterocycles. The van der Waals surface area contributed by atoms with Crippen LogP contribution in [0, 0.1) is 11.8 Å². The SMILES string of the molecule is CCCCNC1CC2CC=CC21. The average Bonchev–Trinajstić information content (AvgIpc) is 2.41. The molecular weight excluding hydrogens is 146 g/mol. The molecule has 3 unspecified atom stereocenters. The Kier molecular flexibility index (Phi) is 2.50. The van der Waals surface area contributed by atoms with Crippen molar-refractivity contribution in [1.82, 2.24) is 5.32 Å². The molecule has 0 radical (unpaired) electrons. The second-order valence-electron chi connectivity index (χ2n) is 4.15. The van der Waals surface area contributed by atoms with E-state index in [0.29, 0.717) is 0 Å². The van der Waals surface area contributed by atoms with E-state index in [1.54, 1.807) is 0 Å². The van der Waals surface area contributed by atoms with E-state index in [9.17, 15) is 0 Å². The summed E-state index contributed by atoms with van der Waals surface area (Å²) in [7, 11) is 0. The molecule has 0 amide bonds. The summed E-state index contributed by atoms with van der Waals surface area (Å²) in [5.41, 5.74) is 0. The maximum absolute atomic E-state index is 3.64. The second-order valence-corrected chi connectivity index (χ2v) is 4.15. The maximum Gasteiger partial charge on any atom is 0.0136 e. The van der Waals surface area contributed by atoms with E-state index in [2.05, 4.69) is 24.4 Å². The minimum Gasteiger partial charge on any atom is -0.313 e. The van der Waals surface area contributed by atoms with Crippen molar-refractivity contribution in [3.05, 3.63) is 12.2 Å². The Morgan fingerprint density at radius 2 is 2.42 bits per heavy atom. The monoisotopic (exact) mass is 165 g/mol. The summed E-state index contributed by atoms with van der Waals surface area (Å²) in [5, 5.41) is 3.64. The molecule has 12 heavy (non-hydrogen) atoms. The van der Waals surface area contributed by atoms with Crippen LogP contribution in [-0.4, -0.2) is 12.6 Å². The van der Waals surface area contributed by atoms with Gasteiger partial charge >= 0.3 is 0 Å². The Balaban J connectivity index is 1.67. The highest BCUT2D eigenvalue weighted by molar-refractivity contribution is 5.12. The van der Waals surface area contributed by atoms with E-state index < -0.39 is 0 Å². The first-order valence-corrected chi connectivity index (χ1v) is 5.32. The molecule has 1 fully saturated rings. The van der Waals surface area contributed by atoms with Crippen LogP contribution in [-0.2, 0) is 0 Å². The minimum atomic E-state index is 0.820. The lowest BCUT2D eigenvalue weighted by molar-refractivity contribution is 0.163. The first kappa shape index (κ1) is 8.31. The topological polar surface area (TPSA) is 12.0 Å². The molecule has 0 heterocycles. The number of allylic oxidation sites excluding steroid dienone is 1. The Bertz CT molecular complexity index is 174. The van der Waals surface area contributed by atoms with E-state index >= 15 is 0 Å². The van der Waals surface area contributed by atoms with Crippen molar-refractivity contribution in [2.45, 2.75) is 38.6 Å². The highest BCUT2D eigenvalue weighted by Gasteiger charge is 2.40. The Morgan fingerprint density at radius 1 is 1.50 bits per heavy atom. The fourth-order valence-electron chi connectivity index (χ4n) is 2.41. The molecule has 0 bridgehead atoms. The molecular formula is C11H19N. The summed E-state index contributed by atoms with van der Waals surface area (Å²) in [4.78, 5) is 0. The van der Waals surface area contributed by atoms with Crippen molar-refractivity contribution in [3.8, 4) is 0 Å². The van der Waals surface area contributed by atoms with Gasteiger partial charge in [-0.15, -0.1) is 0 Å². The molecule has 68 valence electrons. The van der Waals surface area contributed by atoms with Gasteiger partial charge in [0, 0.05) is 6.04 Å². The van der Waals surface area contributed by atoms with E-state index in [-0.39, 0.29) is 0 Å². The molecule has 0 aromatic carbocycles. The lowest BCUT2D eigenvalue weighted by atomic mass is 9.71. The predicted molar refractivity (Wildman–Crippen MR) is 52.1 cm³/mol. The van der Waals surface area contributed by atoms with Crippen LogP contribution in [0.4, 0.5) is 0 Å². The largest absolute Gasteiger partial charge is 0.313 e. The fraction of sp³-hybridized carbons (Fsp3) is 0.818. The zero-order valence-corrected chi connectivity index (χ0v) is 7.92. The molecule has 3 atom stereocenters. The molecule has 0 aromatic heterocycles. The summed E-state index contributed by atoms with van der Waals surface area (Å²) < 4.78 is 0. The highest BCUT2D eigenvalue weighted by Crippen LogP contribution is 2.42. The molecule has 1 heteroatoms. The van der Waals surface area contributed by atoms with Gasteiger partial charge < -0.3 is 5.32 Å². The Morgan fingerprint density at radius 3 is 3.17 bits per heavy atom. The van der Waals surface area contributed by atoms with Gasteiger partial charge in [-0.3, -0.25) is 0 Å². The van der Waals surface area contributed by atoms with Crippen molar-refractivity contribution in [2.24, 2.45) is 11.8 Å². The molecule has 2 aliphatic rings. The molecule has 0 aromatic rings.